The number of nitrogens with two attached hydrogens (primary N) is 1. The topological polar surface area (TPSA) is 102 Å². The fourth-order valence-corrected chi connectivity index (χ4v) is 3.62. The molecule has 6 nitrogen and oxygen atoms in total. The Balaban J connectivity index is 1.90. The van der Waals surface area contributed by atoms with E-state index in [2.05, 4.69) is 5.10 Å². The van der Waals surface area contributed by atoms with Gasteiger partial charge in [-0.25, -0.2) is 4.79 Å². The third kappa shape index (κ3) is 4.64. The Morgan fingerprint density at radius 2 is 1.55 bits per heavy atom. The molecule has 0 radical (unpaired) electrons. The van der Waals surface area contributed by atoms with Crippen LogP contribution in [0.5, 0.6) is 5.75 Å². The highest BCUT2D eigenvalue weighted by atomic mass is 32.2. The predicted molar refractivity (Wildman–Crippen MR) is 112 cm³/mol. The van der Waals surface area contributed by atoms with Crippen molar-refractivity contribution >= 4 is 29.2 Å². The first-order valence-corrected chi connectivity index (χ1v) is 9.42. The highest BCUT2D eigenvalue weighted by molar-refractivity contribution is 7.99. The highest BCUT2D eigenvalue weighted by Crippen LogP contribution is 2.32. The van der Waals surface area contributed by atoms with E-state index < -0.39 is 5.97 Å². The summed E-state index contributed by atoms with van der Waals surface area (Å²) in [6.45, 7) is 0. The van der Waals surface area contributed by atoms with Crippen molar-refractivity contribution in [2.75, 3.05) is 7.11 Å². The van der Waals surface area contributed by atoms with Crippen LogP contribution in [0.2, 0.25) is 0 Å². The fourth-order valence-electron chi connectivity index (χ4n) is 2.68. The average Bonchev–Trinajstić information content (AvgIpc) is 2.75. The van der Waals surface area contributed by atoms with Crippen LogP contribution in [0.4, 0.5) is 0 Å². The maximum atomic E-state index is 13.1. The summed E-state index contributed by atoms with van der Waals surface area (Å²) in [5, 5.41) is 12.7. The quantitative estimate of drug-likeness (QED) is 0.265. The summed E-state index contributed by atoms with van der Waals surface area (Å²) in [5.74, 6) is 4.87. The zero-order valence-electron chi connectivity index (χ0n) is 15.5. The smallest absolute Gasteiger partial charge is 0.335 e. The van der Waals surface area contributed by atoms with Crippen molar-refractivity contribution in [3.05, 3.63) is 89.5 Å². The number of rotatable bonds is 7. The van der Waals surface area contributed by atoms with Crippen LogP contribution in [0.1, 0.15) is 26.3 Å². The summed E-state index contributed by atoms with van der Waals surface area (Å²) < 4.78 is 5.17. The second kappa shape index (κ2) is 9.07. The summed E-state index contributed by atoms with van der Waals surface area (Å²) in [5.41, 5.74) is 1.09. The van der Waals surface area contributed by atoms with Gasteiger partial charge in [-0.1, -0.05) is 36.0 Å². The lowest BCUT2D eigenvalue weighted by atomic mass is 9.99. The molecule has 3 aromatic carbocycles. The van der Waals surface area contributed by atoms with E-state index in [-0.39, 0.29) is 17.1 Å². The van der Waals surface area contributed by atoms with Crippen LogP contribution in [0.15, 0.2) is 87.7 Å². The van der Waals surface area contributed by atoms with Gasteiger partial charge in [0.1, 0.15) is 11.5 Å². The molecule has 3 N–H and O–H groups in total. The summed E-state index contributed by atoms with van der Waals surface area (Å²) in [6.07, 6.45) is 0. The summed E-state index contributed by atoms with van der Waals surface area (Å²) in [7, 11) is 1.60. The summed E-state index contributed by atoms with van der Waals surface area (Å²) >= 11 is 1.44. The number of hydrazone groups is 1. The number of carboxylic acid groups (broad SMARTS) is 1. The van der Waals surface area contributed by atoms with Crippen LogP contribution in [-0.4, -0.2) is 29.7 Å². The van der Waals surface area contributed by atoms with Gasteiger partial charge in [-0.05, 0) is 48.5 Å². The van der Waals surface area contributed by atoms with Crippen molar-refractivity contribution in [2.24, 2.45) is 10.9 Å². The molecule has 0 aliphatic heterocycles. The number of benzene rings is 3. The van der Waals surface area contributed by atoms with E-state index in [0.717, 1.165) is 15.5 Å². The van der Waals surface area contributed by atoms with Gasteiger partial charge in [-0.15, -0.1) is 0 Å². The van der Waals surface area contributed by atoms with E-state index in [9.17, 15) is 9.59 Å². The first-order valence-electron chi connectivity index (χ1n) is 8.60. The molecule has 0 spiro atoms. The molecule has 0 fully saturated rings. The normalized spacial score (nSPS) is 11.1. The zero-order chi connectivity index (χ0) is 20.8. The van der Waals surface area contributed by atoms with Crippen molar-refractivity contribution in [3.63, 3.8) is 0 Å². The molecule has 0 amide bonds. The molecule has 0 aliphatic carbocycles. The zero-order valence-corrected chi connectivity index (χ0v) is 16.3. The van der Waals surface area contributed by atoms with Gasteiger partial charge in [-0.2, -0.15) is 5.10 Å². The van der Waals surface area contributed by atoms with E-state index in [1.165, 1.54) is 36.0 Å². The summed E-state index contributed by atoms with van der Waals surface area (Å²) in [4.78, 5) is 25.9. The number of carbonyl (C=O) groups excluding carboxylic acids is 1. The van der Waals surface area contributed by atoms with Crippen LogP contribution in [0.25, 0.3) is 0 Å². The molecule has 0 aliphatic rings. The molecule has 146 valence electrons. The number of Topliss-reactive ketones (excluding diaryl/α,β-unsaturated/α-hetero) is 1. The first kappa shape index (κ1) is 20.2. The number of nitrogens with zero attached hydrogens (tertiary/aromatic N) is 1. The molecule has 0 atom stereocenters. The van der Waals surface area contributed by atoms with E-state index in [4.69, 9.17) is 15.7 Å². The van der Waals surface area contributed by atoms with Gasteiger partial charge in [-0.3, -0.25) is 4.79 Å². The lowest BCUT2D eigenvalue weighted by Gasteiger charge is -2.10. The predicted octanol–water partition coefficient (Wildman–Crippen LogP) is 4.09. The molecule has 7 heteroatoms. The van der Waals surface area contributed by atoms with Crippen LogP contribution in [0.3, 0.4) is 0 Å². The number of hydrogen-bond donors (Lipinski definition) is 2. The molecule has 0 saturated heterocycles. The number of carboxylic acids is 1. The molecule has 3 aromatic rings. The fraction of sp³-hybridized carbons (Fsp3) is 0.0455. The minimum Gasteiger partial charge on any atom is -0.497 e. The second-order valence-corrected chi connectivity index (χ2v) is 7.08. The lowest BCUT2D eigenvalue weighted by molar-refractivity contribution is 0.0696. The van der Waals surface area contributed by atoms with Gasteiger partial charge < -0.3 is 15.7 Å². The molecule has 0 saturated carbocycles. The van der Waals surface area contributed by atoms with Gasteiger partial charge >= 0.3 is 5.97 Å². The van der Waals surface area contributed by atoms with Crippen LogP contribution >= 0.6 is 11.8 Å². The molecular formula is C22H18N2O4S. The number of carbonyl (C=O) groups is 2. The van der Waals surface area contributed by atoms with Gasteiger partial charge in [0, 0.05) is 20.9 Å². The Morgan fingerprint density at radius 1 is 0.931 bits per heavy atom. The molecule has 0 heterocycles. The van der Waals surface area contributed by atoms with E-state index in [0.29, 0.717) is 11.1 Å². The number of methoxy groups -OCH3 is 1. The molecule has 0 aromatic heterocycles. The molecule has 0 unspecified atom stereocenters. The minimum atomic E-state index is -1.05. The second-order valence-electron chi connectivity index (χ2n) is 5.96. The SMILES string of the molecule is COc1ccc(Sc2ccccc2C(=O)C(=NN)c2ccc(C(=O)O)cc2)cc1. The number of hydrogen-bond acceptors (Lipinski definition) is 6. The minimum absolute atomic E-state index is 0.0599. The molecular weight excluding hydrogens is 388 g/mol. The Kier molecular flexibility index (Phi) is 6.31. The third-order valence-corrected chi connectivity index (χ3v) is 5.25. The Morgan fingerprint density at radius 3 is 2.14 bits per heavy atom. The Labute approximate surface area is 172 Å². The van der Waals surface area contributed by atoms with E-state index in [1.807, 2.05) is 36.4 Å². The van der Waals surface area contributed by atoms with Gasteiger partial charge in [0.2, 0.25) is 5.78 Å². The number of ether oxygens (including phenoxy) is 1. The van der Waals surface area contributed by atoms with E-state index in [1.54, 1.807) is 19.2 Å². The van der Waals surface area contributed by atoms with Crippen LogP contribution < -0.4 is 10.6 Å². The van der Waals surface area contributed by atoms with Gasteiger partial charge in [0.05, 0.1) is 12.7 Å². The van der Waals surface area contributed by atoms with Crippen molar-refractivity contribution in [2.45, 2.75) is 9.79 Å². The maximum Gasteiger partial charge on any atom is 0.335 e. The molecule has 3 rings (SSSR count). The van der Waals surface area contributed by atoms with Crippen LogP contribution in [-0.2, 0) is 0 Å². The first-order chi connectivity index (χ1) is 14.0. The highest BCUT2D eigenvalue weighted by Gasteiger charge is 2.20. The average molecular weight is 406 g/mol. The lowest BCUT2D eigenvalue weighted by Crippen LogP contribution is -2.18. The largest absolute Gasteiger partial charge is 0.497 e. The number of ketones is 1. The maximum absolute atomic E-state index is 13.1. The summed E-state index contributed by atoms with van der Waals surface area (Å²) in [6, 6.07) is 20.6. The molecule has 0 bridgehead atoms. The van der Waals surface area contributed by atoms with E-state index >= 15 is 0 Å². The molecule has 29 heavy (non-hydrogen) atoms. The standard InChI is InChI=1S/C22H18N2O4S/c1-28-16-10-12-17(13-11-16)29-19-5-3-2-4-18(19)21(25)20(24-23)14-6-8-15(9-7-14)22(26)27/h2-13H,23H2,1H3,(H,26,27). The van der Waals surface area contributed by atoms with Crippen molar-refractivity contribution in [1.29, 1.82) is 0 Å². The van der Waals surface area contributed by atoms with Crippen molar-refractivity contribution in [1.82, 2.24) is 0 Å². The monoisotopic (exact) mass is 406 g/mol. The third-order valence-electron chi connectivity index (χ3n) is 4.17. The van der Waals surface area contributed by atoms with Gasteiger partial charge in [0.15, 0.2) is 0 Å². The van der Waals surface area contributed by atoms with Crippen molar-refractivity contribution < 1.29 is 19.4 Å². The van der Waals surface area contributed by atoms with Crippen molar-refractivity contribution in [3.8, 4) is 5.75 Å². The Bertz CT molecular complexity index is 1060. The van der Waals surface area contributed by atoms with Gasteiger partial charge in [0.25, 0.3) is 0 Å². The van der Waals surface area contributed by atoms with Crippen LogP contribution in [0, 0.1) is 0 Å². The number of aromatic carboxylic acids is 1. The Hall–Kier alpha value is -3.58.